The van der Waals surface area contributed by atoms with E-state index in [0.29, 0.717) is 0 Å². The fraction of sp³-hybridized carbons (Fsp3) is 0.444. The second kappa shape index (κ2) is 5.86. The maximum absolute atomic E-state index is 11.4. The molecule has 1 amide bonds. The molecule has 2 N–H and O–H groups in total. The number of aliphatic carboxylic acids is 1. The SMILES string of the molecule is COC(CNC(=O)c1ccon1)CC(=O)O. The van der Waals surface area contributed by atoms with Gasteiger partial charge in [0.25, 0.3) is 5.91 Å². The Bertz CT molecular complexity index is 349. The van der Waals surface area contributed by atoms with Crippen LogP contribution >= 0.6 is 0 Å². The molecule has 16 heavy (non-hydrogen) atoms. The molecule has 1 rings (SSSR count). The van der Waals surface area contributed by atoms with Gasteiger partial charge >= 0.3 is 5.97 Å². The first-order valence-electron chi connectivity index (χ1n) is 4.56. The number of carboxylic acid groups (broad SMARTS) is 1. The van der Waals surface area contributed by atoms with Crippen molar-refractivity contribution in [3.8, 4) is 0 Å². The van der Waals surface area contributed by atoms with Crippen molar-refractivity contribution >= 4 is 11.9 Å². The summed E-state index contributed by atoms with van der Waals surface area (Å²) in [6.45, 7) is 0.106. The van der Waals surface area contributed by atoms with E-state index in [1.54, 1.807) is 0 Å². The average molecular weight is 228 g/mol. The highest BCUT2D eigenvalue weighted by atomic mass is 16.5. The lowest BCUT2D eigenvalue weighted by atomic mass is 10.2. The zero-order valence-corrected chi connectivity index (χ0v) is 8.67. The lowest BCUT2D eigenvalue weighted by molar-refractivity contribution is -0.139. The van der Waals surface area contributed by atoms with Crippen molar-refractivity contribution in [2.24, 2.45) is 0 Å². The quantitative estimate of drug-likeness (QED) is 0.704. The first-order chi connectivity index (χ1) is 7.63. The molecule has 0 bridgehead atoms. The standard InChI is InChI=1S/C9H12N2O5/c1-15-6(4-8(12)13)5-10-9(14)7-2-3-16-11-7/h2-3,6H,4-5H2,1H3,(H,10,14)(H,12,13). The maximum Gasteiger partial charge on any atom is 0.306 e. The van der Waals surface area contributed by atoms with Gasteiger partial charge in [-0.05, 0) is 0 Å². The zero-order chi connectivity index (χ0) is 12.0. The average Bonchev–Trinajstić information content (AvgIpc) is 2.76. The van der Waals surface area contributed by atoms with Gasteiger partial charge in [0.15, 0.2) is 5.69 Å². The molecule has 1 heterocycles. The Morgan fingerprint density at radius 2 is 2.44 bits per heavy atom. The number of carbonyl (C=O) groups excluding carboxylic acids is 1. The molecule has 7 nitrogen and oxygen atoms in total. The zero-order valence-electron chi connectivity index (χ0n) is 8.67. The van der Waals surface area contributed by atoms with Crippen molar-refractivity contribution in [1.29, 1.82) is 0 Å². The Morgan fingerprint density at radius 3 is 2.94 bits per heavy atom. The maximum atomic E-state index is 11.4. The summed E-state index contributed by atoms with van der Waals surface area (Å²) in [4.78, 5) is 21.8. The fourth-order valence-corrected chi connectivity index (χ4v) is 1.06. The predicted octanol–water partition coefficient (Wildman–Crippen LogP) is -0.106. The summed E-state index contributed by atoms with van der Waals surface area (Å²) in [7, 11) is 1.38. The van der Waals surface area contributed by atoms with Gasteiger partial charge in [-0.2, -0.15) is 0 Å². The molecule has 0 saturated heterocycles. The van der Waals surface area contributed by atoms with Crippen LogP contribution in [0.3, 0.4) is 0 Å². The lowest BCUT2D eigenvalue weighted by Gasteiger charge is -2.12. The number of nitrogens with one attached hydrogen (secondary N) is 1. The Morgan fingerprint density at radius 1 is 1.69 bits per heavy atom. The minimum absolute atomic E-state index is 0.106. The molecule has 0 aliphatic heterocycles. The number of ether oxygens (including phenoxy) is 1. The van der Waals surface area contributed by atoms with E-state index in [1.165, 1.54) is 19.4 Å². The largest absolute Gasteiger partial charge is 0.481 e. The molecule has 0 saturated carbocycles. The van der Waals surface area contributed by atoms with E-state index in [4.69, 9.17) is 9.84 Å². The summed E-state index contributed by atoms with van der Waals surface area (Å²) in [5.41, 5.74) is 0.144. The number of hydrogen-bond acceptors (Lipinski definition) is 5. The number of aromatic nitrogens is 1. The normalized spacial score (nSPS) is 12.1. The van der Waals surface area contributed by atoms with E-state index in [0.717, 1.165) is 0 Å². The van der Waals surface area contributed by atoms with E-state index in [1.807, 2.05) is 0 Å². The van der Waals surface area contributed by atoms with Crippen molar-refractivity contribution in [1.82, 2.24) is 10.5 Å². The van der Waals surface area contributed by atoms with Crippen LogP contribution in [0, 0.1) is 0 Å². The molecular formula is C9H12N2O5. The summed E-state index contributed by atoms with van der Waals surface area (Å²) in [6.07, 6.45) is 0.545. The first-order valence-corrected chi connectivity index (χ1v) is 4.56. The molecule has 7 heteroatoms. The van der Waals surface area contributed by atoms with Crippen LogP contribution in [0.15, 0.2) is 16.9 Å². The van der Waals surface area contributed by atoms with Crippen LogP contribution < -0.4 is 5.32 Å². The van der Waals surface area contributed by atoms with Crippen molar-refractivity contribution < 1.29 is 24.0 Å². The Hall–Kier alpha value is -1.89. The van der Waals surface area contributed by atoms with Gasteiger partial charge in [0.2, 0.25) is 0 Å². The van der Waals surface area contributed by atoms with E-state index in [-0.39, 0.29) is 18.7 Å². The highest BCUT2D eigenvalue weighted by molar-refractivity contribution is 5.91. The van der Waals surface area contributed by atoms with Crippen LogP contribution in [0.2, 0.25) is 0 Å². The summed E-state index contributed by atoms with van der Waals surface area (Å²) in [5, 5.41) is 14.5. The molecule has 0 aliphatic rings. The van der Waals surface area contributed by atoms with Gasteiger partial charge in [-0.25, -0.2) is 0 Å². The van der Waals surface area contributed by atoms with E-state index < -0.39 is 18.0 Å². The number of carbonyl (C=O) groups is 2. The van der Waals surface area contributed by atoms with Crippen LogP contribution in [0.25, 0.3) is 0 Å². The van der Waals surface area contributed by atoms with Gasteiger partial charge in [0.05, 0.1) is 12.5 Å². The molecule has 1 aromatic heterocycles. The van der Waals surface area contributed by atoms with Crippen molar-refractivity contribution in [3.05, 3.63) is 18.0 Å². The summed E-state index contributed by atoms with van der Waals surface area (Å²) >= 11 is 0. The molecule has 0 radical (unpaired) electrons. The van der Waals surface area contributed by atoms with Crippen LogP contribution in [-0.4, -0.2) is 41.9 Å². The fourth-order valence-electron chi connectivity index (χ4n) is 1.06. The highest BCUT2D eigenvalue weighted by Crippen LogP contribution is 1.98. The highest BCUT2D eigenvalue weighted by Gasteiger charge is 2.15. The molecule has 0 fully saturated rings. The number of nitrogens with zero attached hydrogens (tertiary/aromatic N) is 1. The van der Waals surface area contributed by atoms with Gasteiger partial charge < -0.3 is 19.7 Å². The van der Waals surface area contributed by atoms with Crippen LogP contribution in [0.4, 0.5) is 0 Å². The van der Waals surface area contributed by atoms with E-state index in [2.05, 4.69) is 15.0 Å². The minimum atomic E-state index is -0.984. The van der Waals surface area contributed by atoms with Gasteiger partial charge in [0.1, 0.15) is 6.26 Å². The van der Waals surface area contributed by atoms with E-state index in [9.17, 15) is 9.59 Å². The second-order valence-electron chi connectivity index (χ2n) is 3.05. The van der Waals surface area contributed by atoms with Gasteiger partial charge in [0, 0.05) is 19.7 Å². The van der Waals surface area contributed by atoms with Crippen LogP contribution in [-0.2, 0) is 9.53 Å². The van der Waals surface area contributed by atoms with Crippen molar-refractivity contribution in [2.75, 3.05) is 13.7 Å². The first kappa shape index (κ1) is 12.2. The monoisotopic (exact) mass is 228 g/mol. The molecule has 1 atom stereocenters. The molecular weight excluding hydrogens is 216 g/mol. The predicted molar refractivity (Wildman–Crippen MR) is 51.9 cm³/mol. The second-order valence-corrected chi connectivity index (χ2v) is 3.05. The molecule has 0 aliphatic carbocycles. The third-order valence-corrected chi connectivity index (χ3v) is 1.90. The Balaban J connectivity index is 2.38. The summed E-state index contributed by atoms with van der Waals surface area (Å²) in [6, 6.07) is 1.41. The van der Waals surface area contributed by atoms with Crippen molar-refractivity contribution in [2.45, 2.75) is 12.5 Å². The number of amides is 1. The Kier molecular flexibility index (Phi) is 4.46. The smallest absolute Gasteiger partial charge is 0.306 e. The molecule has 1 unspecified atom stereocenters. The minimum Gasteiger partial charge on any atom is -0.481 e. The van der Waals surface area contributed by atoms with Gasteiger partial charge in [-0.3, -0.25) is 9.59 Å². The lowest BCUT2D eigenvalue weighted by Crippen LogP contribution is -2.34. The van der Waals surface area contributed by atoms with Crippen LogP contribution in [0.5, 0.6) is 0 Å². The summed E-state index contributed by atoms with van der Waals surface area (Å²) in [5.74, 6) is -1.41. The Labute approximate surface area is 91.4 Å². The van der Waals surface area contributed by atoms with Crippen LogP contribution in [0.1, 0.15) is 16.9 Å². The molecule has 0 spiro atoms. The van der Waals surface area contributed by atoms with E-state index >= 15 is 0 Å². The summed E-state index contributed by atoms with van der Waals surface area (Å²) < 4.78 is 9.39. The third-order valence-electron chi connectivity index (χ3n) is 1.90. The number of methoxy groups -OCH3 is 1. The van der Waals surface area contributed by atoms with Gasteiger partial charge in [-0.15, -0.1) is 0 Å². The number of hydrogen-bond donors (Lipinski definition) is 2. The molecule has 88 valence electrons. The van der Waals surface area contributed by atoms with Crippen molar-refractivity contribution in [3.63, 3.8) is 0 Å². The third kappa shape index (κ3) is 3.70. The molecule has 0 aromatic carbocycles. The number of carboxylic acids is 1. The number of rotatable bonds is 6. The van der Waals surface area contributed by atoms with Gasteiger partial charge in [-0.1, -0.05) is 5.16 Å². The molecule has 1 aromatic rings. The topological polar surface area (TPSA) is 102 Å².